The Balaban J connectivity index is 1.09. The first kappa shape index (κ1) is 36.2. The van der Waals surface area contributed by atoms with Crippen molar-refractivity contribution >= 4 is 5.97 Å². The van der Waals surface area contributed by atoms with Crippen LogP contribution in [0.5, 0.6) is 5.75 Å². The average molecular weight is 680 g/mol. The maximum atomic E-state index is 13.5. The molecule has 1 aromatic carbocycles. The maximum Gasteiger partial charge on any atom is 0.459 e. The summed E-state index contributed by atoms with van der Waals surface area (Å²) >= 11 is 0. The van der Waals surface area contributed by atoms with Crippen molar-refractivity contribution < 1.29 is 50.5 Å². The Hall–Kier alpha value is -2.08. The van der Waals surface area contributed by atoms with E-state index < -0.39 is 48.0 Å². The molecule has 0 radical (unpaired) electrons. The third kappa shape index (κ3) is 6.75. The number of phenolic OH excluding ortho intramolecular Hbond substituents is 1. The quantitative estimate of drug-likeness (QED) is 0.117. The van der Waals surface area contributed by atoms with Crippen LogP contribution in [0.3, 0.4) is 0 Å². The number of alkyl halides is 7. The van der Waals surface area contributed by atoms with E-state index >= 15 is 0 Å². The van der Waals surface area contributed by atoms with Gasteiger partial charge in [-0.1, -0.05) is 38.7 Å². The minimum absolute atomic E-state index is 0.0477. The topological polar surface area (TPSA) is 70.0 Å². The molecule has 0 spiro atoms. The predicted molar refractivity (Wildman–Crippen MR) is 161 cm³/mol. The first-order chi connectivity index (χ1) is 21.9. The number of ether oxygens (including phenoxy) is 1. The van der Waals surface area contributed by atoms with Gasteiger partial charge in [-0.3, -0.25) is 4.79 Å². The number of fused-ring (bicyclic) bond motifs is 7. The summed E-state index contributed by atoms with van der Waals surface area (Å²) in [6, 6.07) is 5.72. The molecule has 266 valence electrons. The monoisotopic (exact) mass is 679 g/mol. The molecule has 3 aliphatic carbocycles. The summed E-state index contributed by atoms with van der Waals surface area (Å²) in [6.07, 6.45) is -0.115. The molecule has 12 heteroatoms. The van der Waals surface area contributed by atoms with Gasteiger partial charge in [-0.15, -0.1) is 0 Å². The van der Waals surface area contributed by atoms with Crippen molar-refractivity contribution in [3.63, 3.8) is 0 Å². The molecule has 47 heavy (non-hydrogen) atoms. The molecule has 1 aromatic rings. The fraction of sp³-hybridized carbons (Fsp3) is 0.800. The predicted octanol–water partition coefficient (Wildman–Crippen LogP) is 8.41. The second-order valence-electron chi connectivity index (χ2n) is 15.0. The van der Waals surface area contributed by atoms with Gasteiger partial charge in [-0.25, -0.2) is 0 Å². The van der Waals surface area contributed by atoms with Crippen molar-refractivity contribution in [3.8, 4) is 5.75 Å². The van der Waals surface area contributed by atoms with Crippen molar-refractivity contribution in [2.45, 2.75) is 132 Å². The molecule has 2 N–H and O–H groups in total. The van der Waals surface area contributed by atoms with Gasteiger partial charge in [-0.2, -0.15) is 30.7 Å². The number of unbranched alkanes of at least 4 members (excludes halogenated alkanes) is 5. The molecule has 0 aromatic heterocycles. The van der Waals surface area contributed by atoms with Crippen LogP contribution in [0.15, 0.2) is 18.2 Å². The molecular weight excluding hydrogens is 631 g/mol. The van der Waals surface area contributed by atoms with Gasteiger partial charge in [0.15, 0.2) is 0 Å². The number of aryl methyl sites for hydroxylation is 1. The summed E-state index contributed by atoms with van der Waals surface area (Å²) in [5.41, 5.74) is 0.923. The Bertz CT molecular complexity index is 1270. The van der Waals surface area contributed by atoms with Gasteiger partial charge in [0.2, 0.25) is 0 Å². The molecule has 0 bridgehead atoms. The van der Waals surface area contributed by atoms with Crippen LogP contribution in [0.4, 0.5) is 30.7 Å². The van der Waals surface area contributed by atoms with Gasteiger partial charge >= 0.3 is 24.0 Å². The highest BCUT2D eigenvalue weighted by Crippen LogP contribution is 2.68. The number of carbonyl (C=O) groups excluding carboxylic acids is 1. The number of aliphatic hydroxyl groups is 1. The molecular formula is C35H48F7NO4. The highest BCUT2D eigenvalue weighted by molar-refractivity contribution is 5.74. The van der Waals surface area contributed by atoms with Crippen molar-refractivity contribution in [2.75, 3.05) is 20.1 Å². The first-order valence-electron chi connectivity index (χ1n) is 17.2. The number of esters is 1. The second kappa shape index (κ2) is 13.3. The van der Waals surface area contributed by atoms with Crippen LogP contribution < -0.4 is 0 Å². The summed E-state index contributed by atoms with van der Waals surface area (Å²) < 4.78 is 95.5. The van der Waals surface area contributed by atoms with Crippen LogP contribution in [-0.2, 0) is 16.0 Å². The fourth-order valence-electron chi connectivity index (χ4n) is 9.63. The van der Waals surface area contributed by atoms with E-state index in [1.54, 1.807) is 6.07 Å². The fourth-order valence-corrected chi connectivity index (χ4v) is 9.63. The number of carbonyl (C=O) groups is 1. The van der Waals surface area contributed by atoms with E-state index in [-0.39, 0.29) is 30.5 Å². The zero-order valence-corrected chi connectivity index (χ0v) is 27.2. The van der Waals surface area contributed by atoms with Gasteiger partial charge in [-0.05, 0) is 118 Å². The molecule has 4 aliphatic rings. The lowest BCUT2D eigenvalue weighted by molar-refractivity contribution is -0.355. The standard InChI is InChI=1S/C35H48F7NO4/c1-31-20-23(10-6-5-9-17-43(2)16-8-4-3-7-15-33(36,37)34(38,39)35(40,41)42)30-25-14-12-24(44)18-22(25)11-13-26(30)27(31)19-28-32(31,46)21-29(45)47-28/h12,14,18,23,26-28,30,44,46H,3-11,13,15-17,19-21H2,1-2H3/t23-,26-,27-,28?,30+,31-,32+/m0/s1. The molecule has 1 saturated heterocycles. The van der Waals surface area contributed by atoms with Crippen LogP contribution in [-0.4, -0.2) is 70.9 Å². The number of aromatic hydroxyl groups is 1. The molecule has 2 saturated carbocycles. The summed E-state index contributed by atoms with van der Waals surface area (Å²) in [7, 11) is 1.95. The second-order valence-corrected chi connectivity index (χ2v) is 15.0. The molecule has 1 unspecified atom stereocenters. The zero-order chi connectivity index (χ0) is 34.4. The number of phenols is 1. The Morgan fingerprint density at radius 3 is 2.32 bits per heavy atom. The lowest BCUT2D eigenvalue weighted by Crippen LogP contribution is -2.54. The number of halogens is 7. The van der Waals surface area contributed by atoms with E-state index in [1.807, 2.05) is 13.1 Å². The zero-order valence-electron chi connectivity index (χ0n) is 27.2. The van der Waals surface area contributed by atoms with Crippen LogP contribution in [0, 0.1) is 23.2 Å². The Kier molecular flexibility index (Phi) is 10.3. The first-order valence-corrected chi connectivity index (χ1v) is 17.2. The number of hydrogen-bond acceptors (Lipinski definition) is 5. The summed E-state index contributed by atoms with van der Waals surface area (Å²) in [4.78, 5) is 14.4. The molecule has 1 aliphatic heterocycles. The highest BCUT2D eigenvalue weighted by Gasteiger charge is 2.73. The molecule has 5 nitrogen and oxygen atoms in total. The Labute approximate surface area is 272 Å². The number of rotatable bonds is 14. The number of nitrogens with zero attached hydrogens (tertiary/aromatic N) is 1. The largest absolute Gasteiger partial charge is 0.508 e. The van der Waals surface area contributed by atoms with Crippen molar-refractivity contribution in [1.82, 2.24) is 4.90 Å². The number of benzene rings is 1. The van der Waals surface area contributed by atoms with Gasteiger partial charge in [0.25, 0.3) is 0 Å². The van der Waals surface area contributed by atoms with E-state index in [2.05, 4.69) is 17.9 Å². The van der Waals surface area contributed by atoms with Gasteiger partial charge < -0.3 is 19.8 Å². The van der Waals surface area contributed by atoms with Crippen molar-refractivity contribution in [2.24, 2.45) is 23.2 Å². The molecule has 7 atom stereocenters. The smallest absolute Gasteiger partial charge is 0.459 e. The normalized spacial score (nSPS) is 32.1. The Morgan fingerprint density at radius 2 is 1.64 bits per heavy atom. The summed E-state index contributed by atoms with van der Waals surface area (Å²) in [5.74, 6) is -9.96. The average Bonchev–Trinajstić information content (AvgIpc) is 3.39. The van der Waals surface area contributed by atoms with Crippen LogP contribution >= 0.6 is 0 Å². The van der Waals surface area contributed by atoms with Crippen LogP contribution in [0.2, 0.25) is 0 Å². The molecule has 0 amide bonds. The van der Waals surface area contributed by atoms with E-state index in [4.69, 9.17) is 4.74 Å². The van der Waals surface area contributed by atoms with Crippen LogP contribution in [0.1, 0.15) is 107 Å². The Morgan fingerprint density at radius 1 is 0.979 bits per heavy atom. The summed E-state index contributed by atoms with van der Waals surface area (Å²) in [6.45, 7) is 3.65. The van der Waals surface area contributed by atoms with Gasteiger partial charge in [0, 0.05) is 11.8 Å². The van der Waals surface area contributed by atoms with Crippen LogP contribution in [0.25, 0.3) is 0 Å². The lowest BCUT2D eigenvalue weighted by atomic mass is 9.49. The summed E-state index contributed by atoms with van der Waals surface area (Å²) in [5, 5.41) is 22.0. The van der Waals surface area contributed by atoms with E-state index in [1.165, 1.54) is 11.1 Å². The SMILES string of the molecule is CN(CCCCCCC(F)(F)C(F)(F)C(F)(F)F)CCCCC[C@H]1C[C@@]2(C)[C@@H](CC3OC(=O)C[C@@]32O)[C@@H]2CCc3cc(O)ccc3[C@@H]12. The molecule has 3 fully saturated rings. The minimum Gasteiger partial charge on any atom is -0.508 e. The van der Waals surface area contributed by atoms with Gasteiger partial charge in [0.05, 0.1) is 6.42 Å². The third-order valence-electron chi connectivity index (χ3n) is 12.1. The van der Waals surface area contributed by atoms with Crippen molar-refractivity contribution in [1.29, 1.82) is 0 Å². The molecule has 5 rings (SSSR count). The lowest BCUT2D eigenvalue weighted by Gasteiger charge is -2.56. The van der Waals surface area contributed by atoms with E-state index in [9.17, 15) is 45.7 Å². The maximum absolute atomic E-state index is 13.5. The minimum atomic E-state index is -6.28. The van der Waals surface area contributed by atoms with E-state index in [0.29, 0.717) is 43.6 Å². The highest BCUT2D eigenvalue weighted by atomic mass is 19.4. The molecule has 1 heterocycles. The van der Waals surface area contributed by atoms with E-state index in [0.717, 1.165) is 51.5 Å². The van der Waals surface area contributed by atoms with Crippen molar-refractivity contribution in [3.05, 3.63) is 29.3 Å². The van der Waals surface area contributed by atoms with Gasteiger partial charge in [0.1, 0.15) is 17.5 Å². The number of hydrogen-bond donors (Lipinski definition) is 2. The third-order valence-corrected chi connectivity index (χ3v) is 12.1.